The summed E-state index contributed by atoms with van der Waals surface area (Å²) in [4.78, 5) is 12.5. The van der Waals surface area contributed by atoms with Gasteiger partial charge in [-0.2, -0.15) is 0 Å². The zero-order valence-corrected chi connectivity index (χ0v) is 12.9. The summed E-state index contributed by atoms with van der Waals surface area (Å²) in [6.07, 6.45) is 3.88. The van der Waals surface area contributed by atoms with E-state index >= 15 is 0 Å². The maximum absolute atomic E-state index is 12.5. The van der Waals surface area contributed by atoms with Gasteiger partial charge >= 0.3 is 0 Å². The fourth-order valence-corrected chi connectivity index (χ4v) is 3.16. The molecule has 1 fully saturated rings. The number of hydrogen-bond donors (Lipinski definition) is 1. The van der Waals surface area contributed by atoms with Crippen LogP contribution in [0, 0.1) is 0 Å². The predicted molar refractivity (Wildman–Crippen MR) is 81.0 cm³/mol. The summed E-state index contributed by atoms with van der Waals surface area (Å²) in [6, 6.07) is 3.77. The predicted octanol–water partition coefficient (Wildman–Crippen LogP) is 3.53. The Morgan fingerprint density at radius 1 is 1.53 bits per heavy atom. The molecule has 0 amide bonds. The van der Waals surface area contributed by atoms with Crippen LogP contribution in [0.4, 0.5) is 0 Å². The van der Waals surface area contributed by atoms with E-state index in [1.807, 2.05) is 29.9 Å². The average molecular weight is 342 g/mol. The lowest BCUT2D eigenvalue weighted by atomic mass is 10.0. The van der Waals surface area contributed by atoms with E-state index in [9.17, 15) is 4.79 Å². The Bertz CT molecular complexity index is 659. The zero-order valence-electron chi connectivity index (χ0n) is 10.5. The molecule has 2 heterocycles. The first-order valence-electron chi connectivity index (χ1n) is 6.29. The van der Waals surface area contributed by atoms with Gasteiger partial charge in [0, 0.05) is 34.2 Å². The van der Waals surface area contributed by atoms with Gasteiger partial charge in [0.2, 0.25) is 0 Å². The standard InChI is InChI=1S/C14H14BrClN2O/c1-18-7-9(14(19)12-3-2-4-17-12)8-5-11(16)10(15)6-13(8)18/h5-7,12,17H,2-4H2,1H3. The Morgan fingerprint density at radius 3 is 3.00 bits per heavy atom. The van der Waals surface area contributed by atoms with Crippen LogP contribution in [0.2, 0.25) is 5.02 Å². The van der Waals surface area contributed by atoms with Crippen molar-refractivity contribution in [3.05, 3.63) is 33.4 Å². The molecule has 5 heteroatoms. The Morgan fingerprint density at radius 2 is 2.32 bits per heavy atom. The molecule has 1 aliphatic rings. The fraction of sp³-hybridized carbons (Fsp3) is 0.357. The number of nitrogens with one attached hydrogen (secondary N) is 1. The third-order valence-corrected chi connectivity index (χ3v) is 4.87. The minimum absolute atomic E-state index is 0.0481. The minimum Gasteiger partial charge on any atom is -0.350 e. The first kappa shape index (κ1) is 13.2. The van der Waals surface area contributed by atoms with Gasteiger partial charge in [0.05, 0.1) is 11.1 Å². The van der Waals surface area contributed by atoms with Crippen molar-refractivity contribution in [3.63, 3.8) is 0 Å². The number of aryl methyl sites for hydroxylation is 1. The van der Waals surface area contributed by atoms with E-state index in [4.69, 9.17) is 11.6 Å². The second kappa shape index (κ2) is 4.93. The highest BCUT2D eigenvalue weighted by Gasteiger charge is 2.26. The highest BCUT2D eigenvalue weighted by molar-refractivity contribution is 9.10. The van der Waals surface area contributed by atoms with Gasteiger partial charge in [0.25, 0.3) is 0 Å². The quantitative estimate of drug-likeness (QED) is 0.848. The molecule has 0 bridgehead atoms. The van der Waals surface area contributed by atoms with E-state index in [2.05, 4.69) is 21.2 Å². The number of halogens is 2. The summed E-state index contributed by atoms with van der Waals surface area (Å²) in [7, 11) is 1.95. The van der Waals surface area contributed by atoms with Crippen LogP contribution in [0.25, 0.3) is 10.9 Å². The van der Waals surface area contributed by atoms with Crippen molar-refractivity contribution in [2.45, 2.75) is 18.9 Å². The maximum atomic E-state index is 12.5. The van der Waals surface area contributed by atoms with E-state index in [0.29, 0.717) is 5.02 Å². The van der Waals surface area contributed by atoms with Gasteiger partial charge < -0.3 is 9.88 Å². The minimum atomic E-state index is -0.0481. The molecule has 100 valence electrons. The monoisotopic (exact) mass is 340 g/mol. The van der Waals surface area contributed by atoms with Crippen molar-refractivity contribution in [1.82, 2.24) is 9.88 Å². The molecule has 1 unspecified atom stereocenters. The maximum Gasteiger partial charge on any atom is 0.181 e. The van der Waals surface area contributed by atoms with Crippen LogP contribution in [-0.2, 0) is 7.05 Å². The SMILES string of the molecule is Cn1cc(C(=O)C2CCCN2)c2cc(Cl)c(Br)cc21. The van der Waals surface area contributed by atoms with Gasteiger partial charge in [-0.1, -0.05) is 11.6 Å². The Hall–Kier alpha value is -0.840. The number of nitrogens with zero attached hydrogens (tertiary/aromatic N) is 1. The number of Topliss-reactive ketones (excluding diaryl/α,β-unsaturated/α-hetero) is 1. The van der Waals surface area contributed by atoms with E-state index in [-0.39, 0.29) is 11.8 Å². The second-order valence-corrected chi connectivity index (χ2v) is 6.21. The summed E-state index contributed by atoms with van der Waals surface area (Å²) < 4.78 is 2.82. The van der Waals surface area contributed by atoms with Gasteiger partial charge in [0.1, 0.15) is 0 Å². The molecule has 19 heavy (non-hydrogen) atoms. The van der Waals surface area contributed by atoms with Crippen LogP contribution in [-0.4, -0.2) is 22.9 Å². The smallest absolute Gasteiger partial charge is 0.181 e. The average Bonchev–Trinajstić information content (AvgIpc) is 3.00. The van der Waals surface area contributed by atoms with Crippen LogP contribution < -0.4 is 5.32 Å². The molecule has 1 N–H and O–H groups in total. The molecular weight excluding hydrogens is 328 g/mol. The molecule has 1 atom stereocenters. The fourth-order valence-electron chi connectivity index (χ4n) is 2.67. The number of fused-ring (bicyclic) bond motifs is 1. The molecule has 0 aliphatic carbocycles. The number of aromatic nitrogens is 1. The van der Waals surface area contributed by atoms with Crippen molar-refractivity contribution in [2.24, 2.45) is 7.05 Å². The number of carbonyl (C=O) groups excluding carboxylic acids is 1. The third-order valence-electron chi connectivity index (χ3n) is 3.67. The first-order chi connectivity index (χ1) is 9.08. The number of hydrogen-bond acceptors (Lipinski definition) is 2. The topological polar surface area (TPSA) is 34.0 Å². The lowest BCUT2D eigenvalue weighted by Gasteiger charge is -2.07. The number of benzene rings is 1. The van der Waals surface area contributed by atoms with E-state index in [0.717, 1.165) is 40.3 Å². The number of ketones is 1. The molecular formula is C14H14BrClN2O. The molecule has 1 aromatic carbocycles. The largest absolute Gasteiger partial charge is 0.350 e. The van der Waals surface area contributed by atoms with Crippen molar-refractivity contribution < 1.29 is 4.79 Å². The van der Waals surface area contributed by atoms with E-state index in [1.54, 1.807) is 0 Å². The van der Waals surface area contributed by atoms with Crippen LogP contribution >= 0.6 is 27.5 Å². The lowest BCUT2D eigenvalue weighted by Crippen LogP contribution is -2.30. The van der Waals surface area contributed by atoms with Gasteiger partial charge in [0.15, 0.2) is 5.78 Å². The third kappa shape index (κ3) is 2.22. The highest BCUT2D eigenvalue weighted by atomic mass is 79.9. The first-order valence-corrected chi connectivity index (χ1v) is 7.46. The van der Waals surface area contributed by atoms with Crippen molar-refractivity contribution in [3.8, 4) is 0 Å². The molecule has 1 saturated heterocycles. The molecule has 3 rings (SSSR count). The van der Waals surface area contributed by atoms with Crippen LogP contribution in [0.3, 0.4) is 0 Å². The van der Waals surface area contributed by atoms with Crippen LogP contribution in [0.5, 0.6) is 0 Å². The molecule has 2 aromatic rings. The van der Waals surface area contributed by atoms with E-state index < -0.39 is 0 Å². The summed E-state index contributed by atoms with van der Waals surface area (Å²) in [5, 5.41) is 4.81. The highest BCUT2D eigenvalue weighted by Crippen LogP contribution is 2.31. The van der Waals surface area contributed by atoms with Crippen molar-refractivity contribution in [1.29, 1.82) is 0 Å². The van der Waals surface area contributed by atoms with Gasteiger partial charge in [-0.25, -0.2) is 0 Å². The van der Waals surface area contributed by atoms with Crippen molar-refractivity contribution >= 4 is 44.2 Å². The molecule has 3 nitrogen and oxygen atoms in total. The van der Waals surface area contributed by atoms with Crippen molar-refractivity contribution in [2.75, 3.05) is 6.54 Å². The molecule has 1 aromatic heterocycles. The number of rotatable bonds is 2. The Balaban J connectivity index is 2.13. The number of carbonyl (C=O) groups is 1. The van der Waals surface area contributed by atoms with Crippen LogP contribution in [0.15, 0.2) is 22.8 Å². The van der Waals surface area contributed by atoms with Crippen LogP contribution in [0.1, 0.15) is 23.2 Å². The summed E-state index contributed by atoms with van der Waals surface area (Å²) in [5.74, 6) is 0.168. The normalized spacial score (nSPS) is 19.2. The van der Waals surface area contributed by atoms with E-state index in [1.165, 1.54) is 0 Å². The molecule has 0 saturated carbocycles. The molecule has 0 radical (unpaired) electrons. The summed E-state index contributed by atoms with van der Waals surface area (Å²) >= 11 is 9.57. The Labute approximate surface area is 125 Å². The molecule has 1 aliphatic heterocycles. The summed E-state index contributed by atoms with van der Waals surface area (Å²) in [5.41, 5.74) is 1.77. The van der Waals surface area contributed by atoms with Gasteiger partial charge in [-0.15, -0.1) is 0 Å². The lowest BCUT2D eigenvalue weighted by molar-refractivity contribution is 0.0954. The Kier molecular flexibility index (Phi) is 3.41. The molecule has 0 spiro atoms. The van der Waals surface area contributed by atoms with Gasteiger partial charge in [-0.3, -0.25) is 4.79 Å². The van der Waals surface area contributed by atoms with Gasteiger partial charge in [-0.05, 0) is 47.4 Å². The second-order valence-electron chi connectivity index (χ2n) is 4.95. The zero-order chi connectivity index (χ0) is 13.6. The summed E-state index contributed by atoms with van der Waals surface area (Å²) in [6.45, 7) is 0.924.